The molecule has 5 rings (SSSR count). The molecule has 0 aliphatic carbocycles. The average Bonchev–Trinajstić information content (AvgIpc) is 3.03. The Morgan fingerprint density at radius 3 is 2.00 bits per heavy atom. The van der Waals surface area contributed by atoms with Crippen molar-refractivity contribution >= 4 is 29.0 Å². The summed E-state index contributed by atoms with van der Waals surface area (Å²) in [5, 5.41) is 12.8. The summed E-state index contributed by atoms with van der Waals surface area (Å²) >= 11 is 0. The number of aromatic hydroxyl groups is 1. The van der Waals surface area contributed by atoms with Crippen LogP contribution in [0, 0.1) is 0 Å². The number of benzene rings is 4. The van der Waals surface area contributed by atoms with Crippen molar-refractivity contribution < 1.29 is 38.1 Å². The van der Waals surface area contributed by atoms with Crippen molar-refractivity contribution in [3.05, 3.63) is 131 Å². The topological polar surface area (TPSA) is 141 Å². The van der Waals surface area contributed by atoms with Gasteiger partial charge in [-0.25, -0.2) is 9.59 Å². The molecule has 10 heteroatoms. The first kappa shape index (κ1) is 29.6. The Bertz CT molecular complexity index is 1760. The van der Waals surface area contributed by atoms with Gasteiger partial charge in [-0.05, 0) is 11.1 Å². The maximum absolute atomic E-state index is 13.3. The molecule has 0 aliphatic rings. The van der Waals surface area contributed by atoms with Crippen LogP contribution in [0.4, 0.5) is 4.79 Å². The van der Waals surface area contributed by atoms with E-state index in [1.807, 2.05) is 18.2 Å². The number of ether oxygens (including phenoxy) is 3. The summed E-state index contributed by atoms with van der Waals surface area (Å²) in [6, 6.07) is 28.8. The molecule has 1 unspecified atom stereocenters. The second kappa shape index (κ2) is 13.8. The van der Waals surface area contributed by atoms with Crippen LogP contribution in [0.2, 0.25) is 0 Å². The molecule has 0 fully saturated rings. The van der Waals surface area contributed by atoms with Gasteiger partial charge in [0.1, 0.15) is 47.5 Å². The standard InChI is InChI=1S/C34H27NO9/c36-27-16-25(17-30-32(27)28(37)19-29(44-30)24-14-8-3-9-15-24)43-33(39)26(18-31(38)41-20-22-10-4-1-5-11-22)35-34(40)42-21-23-12-6-2-7-13-23/h1-17,19,26,36H,18,20-21H2,(H,35,40). The smallest absolute Gasteiger partial charge is 0.408 e. The van der Waals surface area contributed by atoms with Gasteiger partial charge in [-0.3, -0.25) is 9.59 Å². The number of hydrogen-bond acceptors (Lipinski definition) is 9. The van der Waals surface area contributed by atoms with Gasteiger partial charge in [0.2, 0.25) is 0 Å². The third kappa shape index (κ3) is 7.68. The minimum Gasteiger partial charge on any atom is -0.507 e. The lowest BCUT2D eigenvalue weighted by molar-refractivity contribution is -0.149. The molecule has 1 aromatic heterocycles. The monoisotopic (exact) mass is 593 g/mol. The molecular formula is C34H27NO9. The normalized spacial score (nSPS) is 11.4. The molecule has 44 heavy (non-hydrogen) atoms. The first-order valence-corrected chi connectivity index (χ1v) is 13.6. The van der Waals surface area contributed by atoms with Gasteiger partial charge in [0.05, 0.1) is 6.42 Å². The second-order valence-corrected chi connectivity index (χ2v) is 9.69. The summed E-state index contributed by atoms with van der Waals surface area (Å²) in [5.74, 6) is -2.24. The SMILES string of the molecule is O=C(CC(NC(=O)OCc1ccccc1)C(=O)Oc1cc(O)c2c(=O)cc(-c3ccccc3)oc2c1)OCc1ccccc1. The third-order valence-corrected chi connectivity index (χ3v) is 6.46. The van der Waals surface area contributed by atoms with Crippen LogP contribution < -0.4 is 15.5 Å². The number of fused-ring (bicyclic) bond motifs is 1. The number of phenols is 1. The lowest BCUT2D eigenvalue weighted by Gasteiger charge is -2.17. The number of phenolic OH excluding ortho intramolecular Hbond substituents is 1. The van der Waals surface area contributed by atoms with Crippen molar-refractivity contribution in [3.63, 3.8) is 0 Å². The molecule has 222 valence electrons. The van der Waals surface area contributed by atoms with Gasteiger partial charge in [0.25, 0.3) is 0 Å². The van der Waals surface area contributed by atoms with Crippen LogP contribution in [-0.4, -0.2) is 29.2 Å². The molecule has 1 heterocycles. The zero-order valence-electron chi connectivity index (χ0n) is 23.3. The predicted octanol–water partition coefficient (Wildman–Crippen LogP) is 5.50. The average molecular weight is 594 g/mol. The maximum Gasteiger partial charge on any atom is 0.408 e. The number of hydrogen-bond donors (Lipinski definition) is 2. The van der Waals surface area contributed by atoms with Gasteiger partial charge in [-0.1, -0.05) is 91.0 Å². The number of nitrogens with one attached hydrogen (secondary N) is 1. The molecule has 2 N–H and O–H groups in total. The fourth-order valence-corrected chi connectivity index (χ4v) is 4.30. The first-order chi connectivity index (χ1) is 21.4. The lowest BCUT2D eigenvalue weighted by Crippen LogP contribution is -2.44. The molecule has 0 aliphatic heterocycles. The predicted molar refractivity (Wildman–Crippen MR) is 160 cm³/mol. The zero-order valence-corrected chi connectivity index (χ0v) is 23.3. The highest BCUT2D eigenvalue weighted by Gasteiger charge is 2.28. The summed E-state index contributed by atoms with van der Waals surface area (Å²) in [6.07, 6.45) is -1.54. The van der Waals surface area contributed by atoms with Gasteiger partial charge >= 0.3 is 18.0 Å². The molecule has 1 atom stereocenters. The number of carbonyl (C=O) groups is 3. The quantitative estimate of drug-likeness (QED) is 0.159. The molecule has 0 saturated carbocycles. The van der Waals surface area contributed by atoms with E-state index in [9.17, 15) is 24.3 Å². The van der Waals surface area contributed by atoms with Crippen LogP contribution in [0.25, 0.3) is 22.3 Å². The fourth-order valence-electron chi connectivity index (χ4n) is 4.30. The van der Waals surface area contributed by atoms with Crippen molar-refractivity contribution in [1.29, 1.82) is 0 Å². The summed E-state index contributed by atoms with van der Waals surface area (Å²) in [7, 11) is 0. The number of amides is 1. The Morgan fingerprint density at radius 2 is 1.36 bits per heavy atom. The Hall–Kier alpha value is -5.90. The van der Waals surface area contributed by atoms with E-state index >= 15 is 0 Å². The van der Waals surface area contributed by atoms with Crippen LogP contribution in [0.5, 0.6) is 11.5 Å². The summed E-state index contributed by atoms with van der Waals surface area (Å²) in [5.41, 5.74) is 1.54. The molecule has 0 spiro atoms. The molecule has 4 aromatic carbocycles. The number of alkyl carbamates (subject to hydrolysis) is 1. The van der Waals surface area contributed by atoms with Crippen molar-refractivity contribution in [2.24, 2.45) is 0 Å². The second-order valence-electron chi connectivity index (χ2n) is 9.69. The minimum absolute atomic E-state index is 0.0341. The number of esters is 2. The summed E-state index contributed by atoms with van der Waals surface area (Å²) in [4.78, 5) is 51.3. The van der Waals surface area contributed by atoms with E-state index < -0.39 is 41.7 Å². The summed E-state index contributed by atoms with van der Waals surface area (Å²) in [6.45, 7) is -0.116. The molecule has 10 nitrogen and oxygen atoms in total. The Kier molecular flexibility index (Phi) is 9.31. The third-order valence-electron chi connectivity index (χ3n) is 6.46. The van der Waals surface area contributed by atoms with E-state index in [-0.39, 0.29) is 35.7 Å². The van der Waals surface area contributed by atoms with Crippen LogP contribution >= 0.6 is 0 Å². The highest BCUT2D eigenvalue weighted by Crippen LogP contribution is 2.31. The van der Waals surface area contributed by atoms with Gasteiger partial charge in [0, 0.05) is 23.8 Å². The fraction of sp³-hybridized carbons (Fsp3) is 0.118. The number of rotatable bonds is 10. The largest absolute Gasteiger partial charge is 0.507 e. The van der Waals surface area contributed by atoms with Crippen LogP contribution in [-0.2, 0) is 32.3 Å². The van der Waals surface area contributed by atoms with E-state index in [2.05, 4.69) is 5.32 Å². The van der Waals surface area contributed by atoms with E-state index in [0.29, 0.717) is 11.1 Å². The lowest BCUT2D eigenvalue weighted by atomic mass is 10.1. The minimum atomic E-state index is -1.51. The number of carbonyl (C=O) groups excluding carboxylic acids is 3. The van der Waals surface area contributed by atoms with Crippen molar-refractivity contribution in [3.8, 4) is 22.8 Å². The van der Waals surface area contributed by atoms with E-state index in [1.165, 1.54) is 12.1 Å². The molecule has 0 radical (unpaired) electrons. The summed E-state index contributed by atoms with van der Waals surface area (Å²) < 4.78 is 21.8. The molecule has 0 saturated heterocycles. The molecular weight excluding hydrogens is 566 g/mol. The van der Waals surface area contributed by atoms with Crippen LogP contribution in [0.15, 0.2) is 118 Å². The highest BCUT2D eigenvalue weighted by molar-refractivity contribution is 5.90. The highest BCUT2D eigenvalue weighted by atomic mass is 16.6. The Balaban J connectivity index is 1.34. The van der Waals surface area contributed by atoms with Crippen molar-refractivity contribution in [2.75, 3.05) is 0 Å². The van der Waals surface area contributed by atoms with Crippen molar-refractivity contribution in [1.82, 2.24) is 5.32 Å². The Morgan fingerprint density at radius 1 is 0.773 bits per heavy atom. The van der Waals surface area contributed by atoms with Crippen LogP contribution in [0.3, 0.4) is 0 Å². The molecule has 0 bridgehead atoms. The van der Waals surface area contributed by atoms with Gasteiger partial charge in [0.15, 0.2) is 5.43 Å². The molecule has 1 amide bonds. The first-order valence-electron chi connectivity index (χ1n) is 13.6. The van der Waals surface area contributed by atoms with E-state index in [1.54, 1.807) is 72.8 Å². The van der Waals surface area contributed by atoms with E-state index in [4.69, 9.17) is 18.6 Å². The molecule has 5 aromatic rings. The van der Waals surface area contributed by atoms with Gasteiger partial charge in [-0.15, -0.1) is 0 Å². The van der Waals surface area contributed by atoms with Gasteiger partial charge in [-0.2, -0.15) is 0 Å². The zero-order chi connectivity index (χ0) is 30.9. The maximum atomic E-state index is 13.3. The van der Waals surface area contributed by atoms with Gasteiger partial charge < -0.3 is 29.1 Å². The Labute approximate surface area is 251 Å². The van der Waals surface area contributed by atoms with E-state index in [0.717, 1.165) is 11.6 Å². The van der Waals surface area contributed by atoms with Crippen LogP contribution in [0.1, 0.15) is 17.5 Å². The van der Waals surface area contributed by atoms with Crippen molar-refractivity contribution in [2.45, 2.75) is 25.7 Å².